The summed E-state index contributed by atoms with van der Waals surface area (Å²) in [7, 11) is 0. The van der Waals surface area contributed by atoms with Crippen LogP contribution in [-0.4, -0.2) is 99.6 Å². The molecule has 0 spiro atoms. The van der Waals surface area contributed by atoms with E-state index in [0.29, 0.717) is 19.3 Å². The van der Waals surface area contributed by atoms with Crippen molar-refractivity contribution in [1.29, 1.82) is 0 Å². The van der Waals surface area contributed by atoms with Gasteiger partial charge in [0.1, 0.15) is 24.4 Å². The summed E-state index contributed by atoms with van der Waals surface area (Å²) in [6.45, 7) is 5.58. The molecule has 1 saturated heterocycles. The molecule has 8 atom stereocenters. The van der Waals surface area contributed by atoms with E-state index >= 15 is 0 Å². The minimum atomic E-state index is -1.64. The number of carbonyl (C=O) groups excluding carboxylic acids is 2. The van der Waals surface area contributed by atoms with Crippen molar-refractivity contribution >= 4 is 11.9 Å². The topological polar surface area (TPSA) is 175 Å². The molecule has 0 aliphatic carbocycles. The number of hydrogen-bond acceptors (Lipinski definition) is 10. The summed E-state index contributed by atoms with van der Waals surface area (Å²) in [6.07, 6.45) is 53.1. The summed E-state index contributed by atoms with van der Waals surface area (Å²) < 4.78 is 17.5. The minimum absolute atomic E-state index is 0.0391. The summed E-state index contributed by atoms with van der Waals surface area (Å²) in [5.74, 6) is -1.28. The molecule has 72 heavy (non-hydrogen) atoms. The Morgan fingerprint density at radius 2 is 1.04 bits per heavy atom. The van der Waals surface area contributed by atoms with E-state index in [9.17, 15) is 35.1 Å². The van der Waals surface area contributed by atoms with Crippen molar-refractivity contribution in [1.82, 2.24) is 5.32 Å². The second-order valence-corrected chi connectivity index (χ2v) is 19.3. The zero-order valence-electron chi connectivity index (χ0n) is 45.3. The van der Waals surface area contributed by atoms with Gasteiger partial charge in [0.2, 0.25) is 5.91 Å². The minimum Gasteiger partial charge on any atom is -0.454 e. The average Bonchev–Trinajstić information content (AvgIpc) is 3.38. The monoisotopic (exact) mass is 1010 g/mol. The number of nitrogens with one attached hydrogen (secondary N) is 1. The van der Waals surface area contributed by atoms with E-state index < -0.39 is 67.4 Å². The first-order chi connectivity index (χ1) is 35.2. The number of hydrogen-bond donors (Lipinski definition) is 6. The number of esters is 1. The number of rotatable bonds is 46. The summed E-state index contributed by atoms with van der Waals surface area (Å²) in [6, 6.07) is -1.05. The number of unbranched alkanes of at least 4 members (excludes halogenated alkanes) is 19. The van der Waals surface area contributed by atoms with Crippen LogP contribution in [-0.2, 0) is 23.8 Å². The summed E-state index contributed by atoms with van der Waals surface area (Å²) in [5, 5.41) is 56.8. The van der Waals surface area contributed by atoms with Gasteiger partial charge < -0.3 is 45.1 Å². The Hall–Kier alpha value is -3.42. The fourth-order valence-electron chi connectivity index (χ4n) is 8.20. The van der Waals surface area contributed by atoms with Crippen molar-refractivity contribution in [3.63, 3.8) is 0 Å². The van der Waals surface area contributed by atoms with E-state index in [1.807, 2.05) is 18.2 Å². The molecule has 8 unspecified atom stereocenters. The van der Waals surface area contributed by atoms with Gasteiger partial charge in [-0.05, 0) is 89.9 Å². The fraction of sp³-hybridized carbons (Fsp3) is 0.705. The highest BCUT2D eigenvalue weighted by Gasteiger charge is 2.47. The molecule has 0 aromatic rings. The lowest BCUT2D eigenvalue weighted by molar-refractivity contribution is -0.305. The molecule has 6 N–H and O–H groups in total. The lowest BCUT2D eigenvalue weighted by Crippen LogP contribution is -2.61. The third-order valence-corrected chi connectivity index (χ3v) is 12.7. The van der Waals surface area contributed by atoms with Crippen LogP contribution in [0.15, 0.2) is 97.2 Å². The van der Waals surface area contributed by atoms with E-state index in [-0.39, 0.29) is 19.4 Å². The molecule has 0 saturated carbocycles. The van der Waals surface area contributed by atoms with Crippen LogP contribution in [0.5, 0.6) is 0 Å². The van der Waals surface area contributed by atoms with Crippen LogP contribution in [0.2, 0.25) is 0 Å². The molecule has 412 valence electrons. The maximum Gasteiger partial charge on any atom is 0.306 e. The Labute approximate surface area is 437 Å². The van der Waals surface area contributed by atoms with Crippen LogP contribution in [0.3, 0.4) is 0 Å². The Kier molecular flexibility index (Phi) is 44.9. The normalized spacial score (nSPS) is 20.2. The van der Waals surface area contributed by atoms with Gasteiger partial charge in [-0.15, -0.1) is 0 Å². The molecule has 0 bridgehead atoms. The molecule has 11 nitrogen and oxygen atoms in total. The van der Waals surface area contributed by atoms with Crippen LogP contribution in [0, 0.1) is 0 Å². The van der Waals surface area contributed by atoms with Crippen molar-refractivity contribution in [2.75, 3.05) is 13.2 Å². The van der Waals surface area contributed by atoms with E-state index in [1.54, 1.807) is 6.08 Å². The first-order valence-corrected chi connectivity index (χ1v) is 28.5. The first-order valence-electron chi connectivity index (χ1n) is 28.5. The first kappa shape index (κ1) is 66.6. The Morgan fingerprint density at radius 3 is 1.60 bits per heavy atom. The van der Waals surface area contributed by atoms with Crippen LogP contribution in [0.4, 0.5) is 0 Å². The summed E-state index contributed by atoms with van der Waals surface area (Å²) in [4.78, 5) is 26.4. The summed E-state index contributed by atoms with van der Waals surface area (Å²) in [5.41, 5.74) is 0. The Morgan fingerprint density at radius 1 is 0.569 bits per heavy atom. The fourth-order valence-corrected chi connectivity index (χ4v) is 8.20. The number of amides is 1. The largest absolute Gasteiger partial charge is 0.454 e. The van der Waals surface area contributed by atoms with Gasteiger partial charge in [0.15, 0.2) is 12.4 Å². The smallest absolute Gasteiger partial charge is 0.306 e. The molecule has 0 aromatic carbocycles. The second-order valence-electron chi connectivity index (χ2n) is 19.3. The van der Waals surface area contributed by atoms with Gasteiger partial charge in [-0.1, -0.05) is 214 Å². The third kappa shape index (κ3) is 36.5. The molecular weight excluding hydrogens is 907 g/mol. The average molecular weight is 1010 g/mol. The summed E-state index contributed by atoms with van der Waals surface area (Å²) >= 11 is 0. The van der Waals surface area contributed by atoms with Gasteiger partial charge in [0.25, 0.3) is 0 Å². The van der Waals surface area contributed by atoms with Gasteiger partial charge in [-0.2, -0.15) is 0 Å². The van der Waals surface area contributed by atoms with Crippen LogP contribution < -0.4 is 5.32 Å². The maximum absolute atomic E-state index is 13.4. The van der Waals surface area contributed by atoms with Gasteiger partial charge in [-0.3, -0.25) is 9.59 Å². The van der Waals surface area contributed by atoms with Gasteiger partial charge in [-0.25, -0.2) is 0 Å². The van der Waals surface area contributed by atoms with Crippen molar-refractivity contribution in [3.8, 4) is 0 Å². The van der Waals surface area contributed by atoms with Crippen molar-refractivity contribution in [3.05, 3.63) is 97.2 Å². The molecule has 1 rings (SSSR count). The number of aliphatic hydroxyl groups is 5. The quantitative estimate of drug-likeness (QED) is 0.0149. The van der Waals surface area contributed by atoms with E-state index in [2.05, 4.69) is 99.0 Å². The molecule has 1 heterocycles. The standard InChI is InChI=1S/C61H103NO10/c1-4-7-10-13-16-19-22-25-27-28-29-31-34-37-40-43-46-49-56(66)72-59-58(68)57(67)55(50-63)71-61(59)70-51-52(53(64)47-44-41-38-35-32-24-21-18-15-12-9-6-3)62-60(69)54(65)48-45-42-39-36-33-30-26-23-20-17-14-11-8-5-2/h7,10,16-17,19-20,23,25-27,29,31,37,40,44,47,52-55,57-59,61,63-65,67-68H,4-6,8-9,11-15,18,21-22,24,28,30,32-36,38-39,41-43,45-46,48-51H2,1-3H3,(H,62,69)/b10-7-,19-16-,20-17+,26-23+,27-25-,31-29-,40-37-,47-44+. The second kappa shape index (κ2) is 48.5. The van der Waals surface area contributed by atoms with Crippen molar-refractivity contribution < 1.29 is 49.3 Å². The van der Waals surface area contributed by atoms with Crippen molar-refractivity contribution in [2.45, 2.75) is 262 Å². The SMILES string of the molecule is CC/C=C\C/C=C\C/C=C\C/C=C\C/C=C\CCCC(=O)OC1C(OCC(NC(=O)C(O)CCCCCCC/C=C/C=C/CCCCC)C(O)/C=C/CCCCCCCCCCCC)OC(CO)C(O)C1O. The molecule has 1 amide bonds. The molecule has 1 fully saturated rings. The molecular formula is C61H103NO10. The lowest BCUT2D eigenvalue weighted by atomic mass is 9.99. The highest BCUT2D eigenvalue weighted by Crippen LogP contribution is 2.26. The zero-order chi connectivity index (χ0) is 52.5. The highest BCUT2D eigenvalue weighted by atomic mass is 16.7. The number of carbonyl (C=O) groups is 2. The van der Waals surface area contributed by atoms with Gasteiger partial charge in [0, 0.05) is 6.42 Å². The van der Waals surface area contributed by atoms with E-state index in [1.165, 1.54) is 64.2 Å². The van der Waals surface area contributed by atoms with Gasteiger partial charge in [0.05, 0.1) is 25.4 Å². The van der Waals surface area contributed by atoms with Crippen LogP contribution in [0.25, 0.3) is 0 Å². The molecule has 11 heteroatoms. The lowest BCUT2D eigenvalue weighted by Gasteiger charge is -2.41. The zero-order valence-corrected chi connectivity index (χ0v) is 45.3. The molecule has 1 aliphatic rings. The predicted octanol–water partition coefficient (Wildman–Crippen LogP) is 12.8. The number of allylic oxidation sites excluding steroid dienone is 15. The Bertz CT molecular complexity index is 1530. The Balaban J connectivity index is 2.79. The highest BCUT2D eigenvalue weighted by molar-refractivity contribution is 5.80. The van der Waals surface area contributed by atoms with E-state index in [0.717, 1.165) is 96.3 Å². The predicted molar refractivity (Wildman–Crippen MR) is 296 cm³/mol. The van der Waals surface area contributed by atoms with Gasteiger partial charge >= 0.3 is 5.97 Å². The molecule has 0 aromatic heterocycles. The third-order valence-electron chi connectivity index (χ3n) is 12.7. The number of aliphatic hydroxyl groups excluding tert-OH is 5. The molecule has 0 radical (unpaired) electrons. The van der Waals surface area contributed by atoms with E-state index in [4.69, 9.17) is 14.2 Å². The molecule has 1 aliphatic heterocycles. The van der Waals surface area contributed by atoms with Crippen LogP contribution >= 0.6 is 0 Å². The van der Waals surface area contributed by atoms with Crippen LogP contribution in [0.1, 0.15) is 213 Å². The number of ether oxygens (including phenoxy) is 3. The maximum atomic E-state index is 13.4. The van der Waals surface area contributed by atoms with Crippen molar-refractivity contribution in [2.24, 2.45) is 0 Å².